The van der Waals surface area contributed by atoms with Crippen molar-refractivity contribution in [3.8, 4) is 0 Å². The van der Waals surface area contributed by atoms with Gasteiger partial charge in [-0.05, 0) is 44.6 Å². The molecule has 3 rings (SSSR count). The molecule has 3 heteroatoms. The van der Waals surface area contributed by atoms with Crippen LogP contribution in [-0.2, 0) is 11.2 Å². The third-order valence-corrected chi connectivity index (χ3v) is 5.04. The number of carbonyl (C=O) groups excluding carboxylic acids is 1. The zero-order valence-electron chi connectivity index (χ0n) is 13.7. The number of carbonyl (C=O) groups is 1. The first kappa shape index (κ1) is 15.1. The second-order valence-corrected chi connectivity index (χ2v) is 6.82. The molecule has 1 saturated heterocycles. The fourth-order valence-electron chi connectivity index (χ4n) is 3.45. The molecule has 1 unspecified atom stereocenters. The van der Waals surface area contributed by atoms with Crippen LogP contribution in [0.5, 0.6) is 0 Å². The van der Waals surface area contributed by atoms with Crippen LogP contribution < -0.4 is 5.32 Å². The van der Waals surface area contributed by atoms with Crippen LogP contribution in [0.1, 0.15) is 50.7 Å². The molecule has 2 aliphatic rings. The van der Waals surface area contributed by atoms with E-state index < -0.39 is 0 Å². The van der Waals surface area contributed by atoms with Crippen LogP contribution in [0.2, 0.25) is 0 Å². The second kappa shape index (κ2) is 6.15. The van der Waals surface area contributed by atoms with Gasteiger partial charge in [-0.15, -0.1) is 0 Å². The fourth-order valence-corrected chi connectivity index (χ4v) is 3.45. The lowest BCUT2D eigenvalue weighted by molar-refractivity contribution is -0.126. The van der Waals surface area contributed by atoms with Crippen LogP contribution in [0.3, 0.4) is 0 Å². The first-order valence-electron chi connectivity index (χ1n) is 8.48. The monoisotopic (exact) mass is 298 g/mol. The van der Waals surface area contributed by atoms with Crippen molar-refractivity contribution in [1.29, 1.82) is 0 Å². The number of nitrogens with one attached hydrogen (secondary N) is 1. The van der Waals surface area contributed by atoms with Crippen LogP contribution in [0, 0.1) is 0 Å². The van der Waals surface area contributed by atoms with Gasteiger partial charge in [0.1, 0.15) is 0 Å². The quantitative estimate of drug-likeness (QED) is 0.849. The van der Waals surface area contributed by atoms with Gasteiger partial charge in [0.15, 0.2) is 0 Å². The minimum atomic E-state index is 0.0301. The molecular weight excluding hydrogens is 272 g/mol. The topological polar surface area (TPSA) is 32.3 Å². The molecule has 22 heavy (non-hydrogen) atoms. The summed E-state index contributed by atoms with van der Waals surface area (Å²) in [7, 11) is 0. The summed E-state index contributed by atoms with van der Waals surface area (Å²) in [6, 6.07) is 8.44. The van der Waals surface area contributed by atoms with Crippen molar-refractivity contribution >= 4 is 11.6 Å². The van der Waals surface area contributed by atoms with Gasteiger partial charge in [-0.1, -0.05) is 31.2 Å². The van der Waals surface area contributed by atoms with E-state index in [1.54, 1.807) is 0 Å². The highest BCUT2D eigenvalue weighted by Crippen LogP contribution is 2.31. The van der Waals surface area contributed by atoms with Crippen molar-refractivity contribution in [3.05, 3.63) is 41.5 Å². The van der Waals surface area contributed by atoms with Crippen molar-refractivity contribution in [3.63, 3.8) is 0 Å². The number of likely N-dealkylation sites (tertiary alicyclic amines) is 1. The first-order chi connectivity index (χ1) is 10.6. The summed E-state index contributed by atoms with van der Waals surface area (Å²) in [6.07, 6.45) is 7.37. The van der Waals surface area contributed by atoms with E-state index in [1.807, 2.05) is 17.0 Å². The molecule has 2 aliphatic heterocycles. The molecule has 0 aliphatic carbocycles. The number of fused-ring (bicyclic) bond motifs is 1. The predicted octanol–water partition coefficient (Wildman–Crippen LogP) is 3.35. The van der Waals surface area contributed by atoms with Gasteiger partial charge < -0.3 is 10.2 Å². The maximum absolute atomic E-state index is 12.6. The summed E-state index contributed by atoms with van der Waals surface area (Å²) >= 11 is 0. The highest BCUT2D eigenvalue weighted by molar-refractivity contribution is 5.95. The highest BCUT2D eigenvalue weighted by Gasteiger charge is 2.30. The SMILES string of the molecule is CCC1(C)Cc2ccccc2/C(=C\C(=O)N2CCCCC2)N1. The number of amides is 1. The average molecular weight is 298 g/mol. The molecule has 0 radical (unpaired) electrons. The van der Waals surface area contributed by atoms with Gasteiger partial charge in [-0.25, -0.2) is 0 Å². The Morgan fingerprint density at radius 3 is 2.73 bits per heavy atom. The summed E-state index contributed by atoms with van der Waals surface area (Å²) in [4.78, 5) is 14.6. The molecule has 3 nitrogen and oxygen atoms in total. The molecule has 0 aromatic heterocycles. The van der Waals surface area contributed by atoms with Crippen LogP contribution in [-0.4, -0.2) is 29.4 Å². The average Bonchev–Trinajstić information content (AvgIpc) is 2.55. The molecule has 1 aromatic rings. The van der Waals surface area contributed by atoms with Gasteiger partial charge in [-0.2, -0.15) is 0 Å². The Bertz CT molecular complexity index is 587. The van der Waals surface area contributed by atoms with Gasteiger partial charge in [0, 0.05) is 36.0 Å². The lowest BCUT2D eigenvalue weighted by Gasteiger charge is -2.38. The van der Waals surface area contributed by atoms with E-state index in [-0.39, 0.29) is 11.4 Å². The van der Waals surface area contributed by atoms with Gasteiger partial charge in [0.25, 0.3) is 0 Å². The van der Waals surface area contributed by atoms with E-state index in [0.29, 0.717) is 0 Å². The fraction of sp³-hybridized carbons (Fsp3) is 0.526. The Balaban J connectivity index is 1.90. The van der Waals surface area contributed by atoms with Crippen LogP contribution >= 0.6 is 0 Å². The summed E-state index contributed by atoms with van der Waals surface area (Å²) in [5.41, 5.74) is 3.53. The number of hydrogen-bond donors (Lipinski definition) is 1. The van der Waals surface area contributed by atoms with Gasteiger partial charge in [0.2, 0.25) is 5.91 Å². The van der Waals surface area contributed by atoms with E-state index >= 15 is 0 Å². The van der Waals surface area contributed by atoms with E-state index in [4.69, 9.17) is 0 Å². The molecular formula is C19H26N2O. The van der Waals surface area contributed by atoms with Gasteiger partial charge >= 0.3 is 0 Å². The van der Waals surface area contributed by atoms with E-state index in [0.717, 1.165) is 44.5 Å². The smallest absolute Gasteiger partial charge is 0.248 e. The van der Waals surface area contributed by atoms with Crippen LogP contribution in [0.4, 0.5) is 0 Å². The Kier molecular flexibility index (Phi) is 4.23. The molecule has 118 valence electrons. The molecule has 1 aromatic carbocycles. The molecule has 0 saturated carbocycles. The Morgan fingerprint density at radius 2 is 2.00 bits per heavy atom. The van der Waals surface area contributed by atoms with Crippen molar-refractivity contribution in [2.24, 2.45) is 0 Å². The molecule has 0 bridgehead atoms. The Hall–Kier alpha value is -1.77. The third-order valence-electron chi connectivity index (χ3n) is 5.04. The summed E-state index contributed by atoms with van der Waals surface area (Å²) in [5, 5.41) is 3.62. The maximum Gasteiger partial charge on any atom is 0.248 e. The molecule has 0 spiro atoms. The molecule has 1 amide bonds. The standard InChI is InChI=1S/C19H26N2O/c1-3-19(2)14-15-9-5-6-10-16(15)17(20-19)13-18(22)21-11-7-4-8-12-21/h5-6,9-10,13,20H,3-4,7-8,11-12,14H2,1-2H3/b17-13+. The molecule has 1 atom stereocenters. The molecule has 1 N–H and O–H groups in total. The first-order valence-corrected chi connectivity index (χ1v) is 8.48. The maximum atomic E-state index is 12.6. The highest BCUT2D eigenvalue weighted by atomic mass is 16.2. The largest absolute Gasteiger partial charge is 0.379 e. The van der Waals surface area contributed by atoms with Crippen molar-refractivity contribution < 1.29 is 4.79 Å². The van der Waals surface area contributed by atoms with E-state index in [9.17, 15) is 4.79 Å². The van der Waals surface area contributed by atoms with Gasteiger partial charge in [-0.3, -0.25) is 4.79 Å². The minimum Gasteiger partial charge on any atom is -0.379 e. The number of nitrogens with zero attached hydrogens (tertiary/aromatic N) is 1. The van der Waals surface area contributed by atoms with Crippen molar-refractivity contribution in [1.82, 2.24) is 10.2 Å². The van der Waals surface area contributed by atoms with Crippen LogP contribution in [0.15, 0.2) is 30.3 Å². The van der Waals surface area contributed by atoms with E-state index in [2.05, 4.69) is 37.4 Å². The zero-order chi connectivity index (χ0) is 15.6. The predicted molar refractivity (Wildman–Crippen MR) is 90.4 cm³/mol. The Morgan fingerprint density at radius 1 is 1.27 bits per heavy atom. The normalized spacial score (nSPS) is 26.5. The molecule has 1 fully saturated rings. The minimum absolute atomic E-state index is 0.0301. The number of piperidine rings is 1. The summed E-state index contributed by atoms with van der Waals surface area (Å²) in [5.74, 6) is 0.150. The number of benzene rings is 1. The van der Waals surface area contributed by atoms with Crippen molar-refractivity contribution in [2.45, 2.75) is 51.5 Å². The lowest BCUT2D eigenvalue weighted by atomic mass is 9.83. The number of hydrogen-bond acceptors (Lipinski definition) is 2. The zero-order valence-corrected chi connectivity index (χ0v) is 13.7. The van der Waals surface area contributed by atoms with E-state index in [1.165, 1.54) is 17.5 Å². The Labute approximate surface area is 133 Å². The summed E-state index contributed by atoms with van der Waals surface area (Å²) < 4.78 is 0. The second-order valence-electron chi connectivity index (χ2n) is 6.82. The van der Waals surface area contributed by atoms with Gasteiger partial charge in [0.05, 0.1) is 0 Å². The lowest BCUT2D eigenvalue weighted by Crippen LogP contribution is -2.46. The van der Waals surface area contributed by atoms with Crippen molar-refractivity contribution in [2.75, 3.05) is 13.1 Å². The third kappa shape index (κ3) is 3.03. The number of rotatable bonds is 2. The van der Waals surface area contributed by atoms with Crippen LogP contribution in [0.25, 0.3) is 5.70 Å². The summed E-state index contributed by atoms with van der Waals surface area (Å²) in [6.45, 7) is 6.23. The molecule has 2 heterocycles.